The van der Waals surface area contributed by atoms with Crippen molar-refractivity contribution in [3.05, 3.63) is 59.8 Å². The zero-order valence-corrected chi connectivity index (χ0v) is 24.2. The lowest BCUT2D eigenvalue weighted by Gasteiger charge is -2.33. The summed E-state index contributed by atoms with van der Waals surface area (Å²) in [7, 11) is 0. The quantitative estimate of drug-likeness (QED) is 0.368. The van der Waals surface area contributed by atoms with E-state index in [1.807, 2.05) is 73.8 Å². The highest BCUT2D eigenvalue weighted by Gasteiger charge is 2.28. The van der Waals surface area contributed by atoms with Crippen molar-refractivity contribution < 1.29 is 14.3 Å². The van der Waals surface area contributed by atoms with Crippen molar-refractivity contribution in [3.63, 3.8) is 0 Å². The van der Waals surface area contributed by atoms with E-state index in [0.717, 1.165) is 48.5 Å². The number of amides is 2. The lowest BCUT2D eigenvalue weighted by molar-refractivity contribution is 0.0173. The van der Waals surface area contributed by atoms with Crippen molar-refractivity contribution in [2.24, 2.45) is 5.92 Å². The summed E-state index contributed by atoms with van der Waals surface area (Å²) in [4.78, 5) is 39.4. The minimum atomic E-state index is -0.538. The van der Waals surface area contributed by atoms with Gasteiger partial charge in [-0.25, -0.2) is 9.78 Å². The molecule has 1 atom stereocenters. The predicted molar refractivity (Wildman–Crippen MR) is 155 cm³/mol. The van der Waals surface area contributed by atoms with Crippen molar-refractivity contribution >= 4 is 23.3 Å². The van der Waals surface area contributed by atoms with Gasteiger partial charge in [-0.15, -0.1) is 0 Å². The number of hydrogen-bond donors (Lipinski definition) is 1. The number of nitrogens with one attached hydrogen (secondary N) is 1. The monoisotopic (exact) mass is 546 g/mol. The number of anilines is 1. The van der Waals surface area contributed by atoms with Crippen molar-refractivity contribution in [2.75, 3.05) is 24.5 Å². The number of aromatic nitrogens is 3. The van der Waals surface area contributed by atoms with Gasteiger partial charge in [0.1, 0.15) is 11.2 Å². The van der Waals surface area contributed by atoms with Gasteiger partial charge in [-0.3, -0.25) is 9.78 Å². The Morgan fingerprint density at radius 1 is 1.12 bits per heavy atom. The number of ether oxygens (including phenoxy) is 1. The molecule has 2 aliphatic rings. The Bertz CT molecular complexity index is 1340. The second kappa shape index (κ2) is 11.9. The van der Waals surface area contributed by atoms with E-state index in [2.05, 4.69) is 15.2 Å². The molecule has 2 amide bonds. The molecule has 1 aliphatic carbocycles. The van der Waals surface area contributed by atoms with Gasteiger partial charge in [0.15, 0.2) is 0 Å². The molecular weight excluding hydrogens is 504 g/mol. The Kier molecular flexibility index (Phi) is 8.28. The number of fused-ring (bicyclic) bond motifs is 1. The molecule has 1 unspecified atom stereocenters. The van der Waals surface area contributed by atoms with E-state index in [9.17, 15) is 9.59 Å². The fourth-order valence-corrected chi connectivity index (χ4v) is 5.38. The van der Waals surface area contributed by atoms with Crippen molar-refractivity contribution in [1.82, 2.24) is 24.6 Å². The Morgan fingerprint density at radius 2 is 1.90 bits per heavy atom. The normalized spacial score (nSPS) is 16.6. The van der Waals surface area contributed by atoms with Crippen LogP contribution in [0.25, 0.3) is 5.65 Å². The summed E-state index contributed by atoms with van der Waals surface area (Å²) in [5.74, 6) is 0.387. The third-order valence-corrected chi connectivity index (χ3v) is 7.79. The van der Waals surface area contributed by atoms with Gasteiger partial charge in [0.2, 0.25) is 0 Å². The van der Waals surface area contributed by atoms with Crippen LogP contribution in [-0.2, 0) is 11.3 Å². The predicted octanol–water partition coefficient (Wildman–Crippen LogP) is 5.75. The first-order chi connectivity index (χ1) is 19.2. The van der Waals surface area contributed by atoms with Crippen molar-refractivity contribution in [2.45, 2.75) is 84.4 Å². The smallest absolute Gasteiger partial charge is 0.410 e. The summed E-state index contributed by atoms with van der Waals surface area (Å²) in [6.45, 7) is 10.9. The number of carbonyl (C=O) groups is 2. The van der Waals surface area contributed by atoms with Crippen LogP contribution in [0.1, 0.15) is 93.9 Å². The number of pyridine rings is 2. The lowest BCUT2D eigenvalue weighted by atomic mass is 9.85. The average molecular weight is 547 g/mol. The summed E-state index contributed by atoms with van der Waals surface area (Å²) in [6.07, 6.45) is 13.7. The topological polar surface area (TPSA) is 92.1 Å². The van der Waals surface area contributed by atoms with Gasteiger partial charge in [0.25, 0.3) is 5.91 Å². The molecule has 1 saturated heterocycles. The molecular formula is C31H42N6O3. The van der Waals surface area contributed by atoms with Gasteiger partial charge in [-0.1, -0.05) is 19.4 Å². The molecule has 214 valence electrons. The molecule has 4 heterocycles. The average Bonchev–Trinajstić information content (AvgIpc) is 3.57. The van der Waals surface area contributed by atoms with Crippen molar-refractivity contribution in [3.8, 4) is 0 Å². The molecule has 0 aromatic carbocycles. The largest absolute Gasteiger partial charge is 0.444 e. The zero-order chi connectivity index (χ0) is 28.3. The molecule has 1 saturated carbocycles. The van der Waals surface area contributed by atoms with Crippen LogP contribution in [0.5, 0.6) is 0 Å². The van der Waals surface area contributed by atoms with E-state index in [1.165, 1.54) is 19.3 Å². The zero-order valence-electron chi connectivity index (χ0n) is 24.2. The van der Waals surface area contributed by atoms with E-state index < -0.39 is 5.60 Å². The highest BCUT2D eigenvalue weighted by molar-refractivity contribution is 5.95. The highest BCUT2D eigenvalue weighted by atomic mass is 16.6. The molecule has 1 N–H and O–H groups in total. The molecule has 40 heavy (non-hydrogen) atoms. The highest BCUT2D eigenvalue weighted by Crippen LogP contribution is 2.28. The van der Waals surface area contributed by atoms with Crippen LogP contribution in [0.3, 0.4) is 0 Å². The number of imidazole rings is 1. The van der Waals surface area contributed by atoms with Gasteiger partial charge >= 0.3 is 6.09 Å². The third-order valence-electron chi connectivity index (χ3n) is 7.79. The van der Waals surface area contributed by atoms with Gasteiger partial charge in [0, 0.05) is 38.2 Å². The van der Waals surface area contributed by atoms with Crippen LogP contribution in [0.2, 0.25) is 0 Å². The fourth-order valence-electron chi connectivity index (χ4n) is 5.38. The number of nitrogens with zero attached hydrogens (tertiary/aromatic N) is 5. The SMILES string of the molecule is CCC(NC(=O)c1cncc(N2CCCC2)c1)c1cn2cc(CN(CC3CCC3)C(=O)OC(C)(C)C)ccc2n1. The Balaban J connectivity index is 1.29. The molecule has 5 rings (SSSR count). The van der Waals surface area contributed by atoms with E-state index >= 15 is 0 Å². The minimum Gasteiger partial charge on any atom is -0.444 e. The Labute approximate surface area is 236 Å². The molecule has 0 radical (unpaired) electrons. The van der Waals surface area contributed by atoms with E-state index in [-0.39, 0.29) is 18.0 Å². The van der Waals surface area contributed by atoms with Gasteiger partial charge in [0.05, 0.1) is 35.7 Å². The minimum absolute atomic E-state index is 0.151. The summed E-state index contributed by atoms with van der Waals surface area (Å²) in [5.41, 5.74) is 3.62. The summed E-state index contributed by atoms with van der Waals surface area (Å²) >= 11 is 0. The summed E-state index contributed by atoms with van der Waals surface area (Å²) in [6, 6.07) is 5.67. The summed E-state index contributed by atoms with van der Waals surface area (Å²) in [5, 5.41) is 3.15. The number of carbonyl (C=O) groups excluding carboxylic acids is 2. The maximum atomic E-state index is 13.2. The van der Waals surface area contributed by atoms with Crippen LogP contribution < -0.4 is 10.2 Å². The van der Waals surface area contributed by atoms with Crippen LogP contribution in [0.4, 0.5) is 10.5 Å². The van der Waals surface area contributed by atoms with Crippen LogP contribution >= 0.6 is 0 Å². The van der Waals surface area contributed by atoms with E-state index in [4.69, 9.17) is 9.72 Å². The maximum absolute atomic E-state index is 13.2. The van der Waals surface area contributed by atoms with Gasteiger partial charge < -0.3 is 24.3 Å². The van der Waals surface area contributed by atoms with E-state index in [1.54, 1.807) is 6.20 Å². The van der Waals surface area contributed by atoms with Gasteiger partial charge in [-0.05, 0) is 76.5 Å². The van der Waals surface area contributed by atoms with E-state index in [0.29, 0.717) is 31.0 Å². The Morgan fingerprint density at radius 3 is 2.58 bits per heavy atom. The first kappa shape index (κ1) is 27.9. The maximum Gasteiger partial charge on any atom is 0.410 e. The molecule has 0 bridgehead atoms. The second-order valence-electron chi connectivity index (χ2n) is 12.2. The van der Waals surface area contributed by atoms with Crippen LogP contribution in [0, 0.1) is 5.92 Å². The third kappa shape index (κ3) is 6.74. The van der Waals surface area contributed by atoms with Crippen molar-refractivity contribution in [1.29, 1.82) is 0 Å². The molecule has 9 heteroatoms. The Hall–Kier alpha value is -3.62. The van der Waals surface area contributed by atoms with Crippen LogP contribution in [0.15, 0.2) is 43.0 Å². The summed E-state index contributed by atoms with van der Waals surface area (Å²) < 4.78 is 7.69. The fraction of sp³-hybridized carbons (Fsp3) is 0.548. The first-order valence-electron chi connectivity index (χ1n) is 14.6. The molecule has 3 aromatic rings. The molecule has 9 nitrogen and oxygen atoms in total. The molecule has 0 spiro atoms. The standard InChI is InChI=1S/C31H42N6O3/c1-5-26(34-29(38)24-15-25(17-32-16-24)35-13-6-7-14-35)27-21-36-19-23(11-12-28(36)33-27)20-37(18-22-9-8-10-22)30(39)40-31(2,3)4/h11-12,15-17,19,21-22,26H,5-10,13-14,18,20H2,1-4H3,(H,34,38). The second-order valence-corrected chi connectivity index (χ2v) is 12.2. The first-order valence-corrected chi connectivity index (χ1v) is 14.6. The molecule has 3 aromatic heterocycles. The molecule has 1 aliphatic heterocycles. The van der Waals surface area contributed by atoms with Crippen LogP contribution in [-0.4, -0.2) is 56.5 Å². The van der Waals surface area contributed by atoms with Gasteiger partial charge in [-0.2, -0.15) is 0 Å². The number of rotatable bonds is 9. The molecule has 2 fully saturated rings. The lowest BCUT2D eigenvalue weighted by Crippen LogP contribution is -2.40. The number of hydrogen-bond acceptors (Lipinski definition) is 6.